The average molecular weight is 265 g/mol. The highest BCUT2D eigenvalue weighted by Crippen LogP contribution is 2.34. The predicted octanol–water partition coefficient (Wildman–Crippen LogP) is 4.57. The molecule has 0 saturated heterocycles. The lowest BCUT2D eigenvalue weighted by atomic mass is 10.0. The summed E-state index contributed by atoms with van der Waals surface area (Å²) in [6.45, 7) is 2.29. The Morgan fingerprint density at radius 1 is 1.16 bits per heavy atom. The van der Waals surface area contributed by atoms with Crippen molar-refractivity contribution in [3.63, 3.8) is 0 Å². The van der Waals surface area contributed by atoms with Crippen LogP contribution in [0, 0.1) is 6.07 Å². The van der Waals surface area contributed by atoms with Gasteiger partial charge in [0.1, 0.15) is 5.75 Å². The Labute approximate surface area is 109 Å². The molecule has 2 rings (SSSR count). The Balaban J connectivity index is 2.48. The van der Waals surface area contributed by atoms with E-state index in [-0.39, 0.29) is 0 Å². The first kappa shape index (κ1) is 13.5. The van der Waals surface area contributed by atoms with E-state index in [0.717, 1.165) is 6.07 Å². The van der Waals surface area contributed by atoms with Gasteiger partial charge in [-0.2, -0.15) is 13.2 Å². The lowest BCUT2D eigenvalue weighted by molar-refractivity contribution is -0.137. The van der Waals surface area contributed by atoms with Gasteiger partial charge in [0, 0.05) is 5.56 Å². The largest absolute Gasteiger partial charge is 0.493 e. The Bertz CT molecular complexity index is 561. The van der Waals surface area contributed by atoms with Gasteiger partial charge in [-0.1, -0.05) is 30.3 Å². The van der Waals surface area contributed by atoms with E-state index in [1.807, 2.05) is 6.92 Å². The molecule has 0 fully saturated rings. The third-order valence-electron chi connectivity index (χ3n) is 2.60. The fraction of sp³-hybridized carbons (Fsp3) is 0.200. The van der Waals surface area contributed by atoms with Crippen LogP contribution >= 0.6 is 0 Å². The molecular formula is C15H12F3O. The van der Waals surface area contributed by atoms with Gasteiger partial charge in [0.25, 0.3) is 0 Å². The third kappa shape index (κ3) is 3.08. The lowest BCUT2D eigenvalue weighted by Crippen LogP contribution is -2.05. The molecule has 2 aromatic rings. The molecule has 0 aliphatic rings. The van der Waals surface area contributed by atoms with Crippen molar-refractivity contribution in [3.05, 3.63) is 54.1 Å². The van der Waals surface area contributed by atoms with Gasteiger partial charge in [-0.15, -0.1) is 0 Å². The number of hydrogen-bond acceptors (Lipinski definition) is 1. The van der Waals surface area contributed by atoms with Gasteiger partial charge in [0.15, 0.2) is 0 Å². The summed E-state index contributed by atoms with van der Waals surface area (Å²) in [5, 5.41) is 0. The molecule has 0 aliphatic carbocycles. The van der Waals surface area contributed by atoms with Crippen LogP contribution < -0.4 is 4.74 Å². The third-order valence-corrected chi connectivity index (χ3v) is 2.60. The summed E-state index contributed by atoms with van der Waals surface area (Å²) in [4.78, 5) is 0. The van der Waals surface area contributed by atoms with E-state index >= 15 is 0 Å². The summed E-state index contributed by atoms with van der Waals surface area (Å²) >= 11 is 0. The zero-order valence-corrected chi connectivity index (χ0v) is 10.3. The number of ether oxygens (including phenoxy) is 1. The molecule has 0 unspecified atom stereocenters. The fourth-order valence-electron chi connectivity index (χ4n) is 1.78. The van der Waals surface area contributed by atoms with E-state index < -0.39 is 11.7 Å². The van der Waals surface area contributed by atoms with Gasteiger partial charge in [0.2, 0.25) is 0 Å². The second-order valence-electron chi connectivity index (χ2n) is 3.92. The zero-order chi connectivity index (χ0) is 13.9. The molecule has 0 aliphatic heterocycles. The molecule has 0 heterocycles. The number of hydrogen-bond donors (Lipinski definition) is 0. The van der Waals surface area contributed by atoms with Crippen LogP contribution in [0.5, 0.6) is 5.75 Å². The molecule has 0 bridgehead atoms. The molecule has 0 amide bonds. The number of benzene rings is 2. The summed E-state index contributed by atoms with van der Waals surface area (Å²) in [6, 6.07) is 13.2. The van der Waals surface area contributed by atoms with E-state index in [9.17, 15) is 13.2 Å². The summed E-state index contributed by atoms with van der Waals surface area (Å²) in [5.41, 5.74) is 0.329. The highest BCUT2D eigenvalue weighted by Gasteiger charge is 2.30. The molecule has 0 atom stereocenters. The van der Waals surface area contributed by atoms with E-state index in [0.29, 0.717) is 23.5 Å². The molecule has 99 valence electrons. The fourth-order valence-corrected chi connectivity index (χ4v) is 1.78. The van der Waals surface area contributed by atoms with Crippen molar-refractivity contribution in [2.75, 3.05) is 6.61 Å². The van der Waals surface area contributed by atoms with Crippen LogP contribution in [0.25, 0.3) is 11.1 Å². The molecule has 0 saturated carbocycles. The van der Waals surface area contributed by atoms with Crippen LogP contribution in [0.3, 0.4) is 0 Å². The SMILES string of the molecule is CCOc1ccccc1-c1cc[c]c(C(F)(F)F)c1. The van der Waals surface area contributed by atoms with Gasteiger partial charge < -0.3 is 4.74 Å². The highest BCUT2D eigenvalue weighted by molar-refractivity contribution is 5.70. The lowest BCUT2D eigenvalue weighted by Gasteiger charge is -2.12. The van der Waals surface area contributed by atoms with Crippen molar-refractivity contribution in [1.82, 2.24) is 0 Å². The Kier molecular flexibility index (Phi) is 3.79. The Hall–Kier alpha value is -1.97. The molecule has 4 heteroatoms. The molecule has 2 aromatic carbocycles. The van der Waals surface area contributed by atoms with E-state index in [1.165, 1.54) is 6.07 Å². The monoisotopic (exact) mass is 265 g/mol. The number of rotatable bonds is 3. The van der Waals surface area contributed by atoms with Crippen molar-refractivity contribution in [2.45, 2.75) is 13.1 Å². The van der Waals surface area contributed by atoms with Gasteiger partial charge in [0.05, 0.1) is 12.2 Å². The minimum atomic E-state index is -4.39. The van der Waals surface area contributed by atoms with Crippen LogP contribution in [0.2, 0.25) is 0 Å². The number of halogens is 3. The van der Waals surface area contributed by atoms with Gasteiger partial charge in [-0.3, -0.25) is 0 Å². The summed E-state index contributed by atoms with van der Waals surface area (Å²) in [7, 11) is 0. The molecule has 0 N–H and O–H groups in total. The quantitative estimate of drug-likeness (QED) is 0.789. The molecular weight excluding hydrogens is 253 g/mol. The standard InChI is InChI=1S/C15H12F3O/c1-2-19-14-9-4-3-8-13(14)11-6-5-7-12(10-11)15(16,17)18/h3-6,8-10H,2H2,1H3. The maximum Gasteiger partial charge on any atom is 0.417 e. The summed E-state index contributed by atoms with van der Waals surface area (Å²) in [6.07, 6.45) is -4.39. The first-order valence-corrected chi connectivity index (χ1v) is 5.83. The normalized spacial score (nSPS) is 11.4. The molecule has 1 nitrogen and oxygen atoms in total. The van der Waals surface area contributed by atoms with Crippen LogP contribution in [0.15, 0.2) is 42.5 Å². The predicted molar refractivity (Wildman–Crippen MR) is 66.9 cm³/mol. The van der Waals surface area contributed by atoms with Crippen LogP contribution in [0.1, 0.15) is 12.5 Å². The maximum absolute atomic E-state index is 12.7. The summed E-state index contributed by atoms with van der Waals surface area (Å²) in [5.74, 6) is 0.573. The van der Waals surface area contributed by atoms with Crippen molar-refractivity contribution < 1.29 is 17.9 Å². The smallest absolute Gasteiger partial charge is 0.417 e. The van der Waals surface area contributed by atoms with Gasteiger partial charge in [-0.05, 0) is 30.7 Å². The van der Waals surface area contributed by atoms with Crippen molar-refractivity contribution in [1.29, 1.82) is 0 Å². The van der Waals surface area contributed by atoms with Crippen LogP contribution in [-0.2, 0) is 6.18 Å². The van der Waals surface area contributed by atoms with Crippen molar-refractivity contribution in [2.24, 2.45) is 0 Å². The minimum absolute atomic E-state index is 0.460. The topological polar surface area (TPSA) is 9.23 Å². The summed E-state index contributed by atoms with van der Waals surface area (Å²) < 4.78 is 43.4. The second-order valence-corrected chi connectivity index (χ2v) is 3.92. The molecule has 0 spiro atoms. The first-order valence-electron chi connectivity index (χ1n) is 5.83. The van der Waals surface area contributed by atoms with Crippen molar-refractivity contribution in [3.8, 4) is 16.9 Å². The van der Waals surface area contributed by atoms with Gasteiger partial charge in [-0.25, -0.2) is 0 Å². The first-order chi connectivity index (χ1) is 9.02. The van der Waals surface area contributed by atoms with Gasteiger partial charge >= 0.3 is 6.18 Å². The Morgan fingerprint density at radius 3 is 2.58 bits per heavy atom. The number of alkyl halides is 3. The van der Waals surface area contributed by atoms with Crippen LogP contribution in [0.4, 0.5) is 13.2 Å². The molecule has 1 radical (unpaired) electrons. The minimum Gasteiger partial charge on any atom is -0.493 e. The van der Waals surface area contributed by atoms with Crippen molar-refractivity contribution >= 4 is 0 Å². The molecule has 0 aromatic heterocycles. The highest BCUT2D eigenvalue weighted by atomic mass is 19.4. The van der Waals surface area contributed by atoms with Crippen LogP contribution in [-0.4, -0.2) is 6.61 Å². The zero-order valence-electron chi connectivity index (χ0n) is 10.3. The average Bonchev–Trinajstić information content (AvgIpc) is 2.39. The van der Waals surface area contributed by atoms with E-state index in [4.69, 9.17) is 4.74 Å². The van der Waals surface area contributed by atoms with E-state index in [2.05, 4.69) is 6.07 Å². The maximum atomic E-state index is 12.7. The second kappa shape index (κ2) is 5.34. The Morgan fingerprint density at radius 2 is 1.89 bits per heavy atom. The number of para-hydroxylation sites is 1. The molecule has 19 heavy (non-hydrogen) atoms. The van der Waals surface area contributed by atoms with E-state index in [1.54, 1.807) is 30.3 Å².